The number of ether oxygens (including phenoxy) is 1. The average molecular weight is 291 g/mol. The first-order valence-corrected chi connectivity index (χ1v) is 7.71. The molecule has 1 heterocycles. The Kier molecular flexibility index (Phi) is 5.62. The van der Waals surface area contributed by atoms with Crippen molar-refractivity contribution in [3.8, 4) is 5.75 Å². The molecule has 0 saturated carbocycles. The van der Waals surface area contributed by atoms with Crippen molar-refractivity contribution in [1.82, 2.24) is 4.90 Å². The summed E-state index contributed by atoms with van der Waals surface area (Å²) >= 11 is 0. The van der Waals surface area contributed by atoms with Crippen LogP contribution in [0, 0.1) is 5.92 Å². The molecule has 0 aliphatic carbocycles. The van der Waals surface area contributed by atoms with Crippen LogP contribution in [0.4, 0.5) is 0 Å². The Labute approximate surface area is 126 Å². The highest BCUT2D eigenvalue weighted by atomic mass is 16.5. The lowest BCUT2D eigenvalue weighted by Crippen LogP contribution is -2.41. The number of carbonyl (C=O) groups is 1. The summed E-state index contributed by atoms with van der Waals surface area (Å²) in [6, 6.07) is 7.91. The van der Waals surface area contributed by atoms with Crippen LogP contribution in [0.25, 0.3) is 0 Å². The molecule has 1 fully saturated rings. The molecule has 0 radical (unpaired) electrons. The van der Waals surface area contributed by atoms with Crippen LogP contribution in [-0.2, 0) is 4.79 Å². The van der Waals surface area contributed by atoms with Crippen LogP contribution >= 0.6 is 0 Å². The van der Waals surface area contributed by atoms with Gasteiger partial charge >= 0.3 is 0 Å². The highest BCUT2D eigenvalue weighted by molar-refractivity contribution is 5.77. The third kappa shape index (κ3) is 4.46. The van der Waals surface area contributed by atoms with Gasteiger partial charge in [-0.25, -0.2) is 0 Å². The van der Waals surface area contributed by atoms with E-state index in [0.717, 1.165) is 31.7 Å². The van der Waals surface area contributed by atoms with E-state index in [-0.39, 0.29) is 19.1 Å². The van der Waals surface area contributed by atoms with Crippen molar-refractivity contribution in [1.29, 1.82) is 0 Å². The van der Waals surface area contributed by atoms with E-state index in [2.05, 4.69) is 19.9 Å². The van der Waals surface area contributed by atoms with Gasteiger partial charge in [-0.2, -0.15) is 0 Å². The first-order chi connectivity index (χ1) is 10.1. The highest BCUT2D eigenvalue weighted by Crippen LogP contribution is 2.20. The normalized spacial score (nSPS) is 16.3. The smallest absolute Gasteiger partial charge is 0.260 e. The molecule has 1 saturated heterocycles. The molecule has 2 rings (SSSR count). The molecular formula is C17H25NO3. The van der Waals surface area contributed by atoms with Gasteiger partial charge in [0.25, 0.3) is 5.91 Å². The molecule has 4 nitrogen and oxygen atoms in total. The molecule has 0 aromatic heterocycles. The Bertz CT molecular complexity index is 465. The summed E-state index contributed by atoms with van der Waals surface area (Å²) in [7, 11) is 0. The molecule has 1 amide bonds. The van der Waals surface area contributed by atoms with Crippen molar-refractivity contribution >= 4 is 5.91 Å². The lowest BCUT2D eigenvalue weighted by Gasteiger charge is -2.31. The first kappa shape index (κ1) is 15.8. The van der Waals surface area contributed by atoms with Crippen molar-refractivity contribution in [3.05, 3.63) is 29.8 Å². The summed E-state index contributed by atoms with van der Waals surface area (Å²) in [6.07, 6.45) is 1.76. The van der Waals surface area contributed by atoms with Crippen LogP contribution in [0.15, 0.2) is 24.3 Å². The molecule has 1 aromatic carbocycles. The molecule has 4 heteroatoms. The van der Waals surface area contributed by atoms with Gasteiger partial charge in [0.15, 0.2) is 6.61 Å². The van der Waals surface area contributed by atoms with Crippen molar-refractivity contribution in [2.45, 2.75) is 32.6 Å². The second kappa shape index (κ2) is 7.46. The van der Waals surface area contributed by atoms with E-state index >= 15 is 0 Å². The number of carbonyl (C=O) groups excluding carboxylic acids is 1. The predicted molar refractivity (Wildman–Crippen MR) is 82.4 cm³/mol. The minimum absolute atomic E-state index is 0.0290. The van der Waals surface area contributed by atoms with Gasteiger partial charge in [0.1, 0.15) is 5.75 Å². The number of hydrogen-bond acceptors (Lipinski definition) is 3. The number of aliphatic hydroxyl groups is 1. The molecule has 1 aromatic rings. The van der Waals surface area contributed by atoms with E-state index in [0.29, 0.717) is 11.8 Å². The maximum atomic E-state index is 12.1. The fourth-order valence-corrected chi connectivity index (χ4v) is 2.56. The van der Waals surface area contributed by atoms with Gasteiger partial charge < -0.3 is 14.7 Å². The number of amides is 1. The van der Waals surface area contributed by atoms with Crippen molar-refractivity contribution < 1.29 is 14.6 Å². The fourth-order valence-electron chi connectivity index (χ4n) is 2.56. The van der Waals surface area contributed by atoms with E-state index in [9.17, 15) is 4.79 Å². The SMILES string of the molecule is CC(C)c1cccc(OCC(=O)N2CCC(CO)CC2)c1. The summed E-state index contributed by atoms with van der Waals surface area (Å²) in [6.45, 7) is 6.02. The minimum Gasteiger partial charge on any atom is -0.484 e. The van der Waals surface area contributed by atoms with Crippen LogP contribution < -0.4 is 4.74 Å². The predicted octanol–water partition coefficient (Wildman–Crippen LogP) is 2.42. The third-order valence-corrected chi connectivity index (χ3v) is 4.11. The molecule has 0 atom stereocenters. The standard InChI is InChI=1S/C17H25NO3/c1-13(2)15-4-3-5-16(10-15)21-12-17(20)18-8-6-14(11-19)7-9-18/h3-5,10,13-14,19H,6-9,11-12H2,1-2H3. The Balaban J connectivity index is 1.83. The summed E-state index contributed by atoms with van der Waals surface area (Å²) in [5.74, 6) is 1.57. The molecule has 0 spiro atoms. The zero-order chi connectivity index (χ0) is 15.2. The van der Waals surface area contributed by atoms with Crippen molar-refractivity contribution in [3.63, 3.8) is 0 Å². The van der Waals surface area contributed by atoms with Crippen molar-refractivity contribution in [2.75, 3.05) is 26.3 Å². The Morgan fingerprint density at radius 2 is 2.10 bits per heavy atom. The van der Waals surface area contributed by atoms with Crippen molar-refractivity contribution in [2.24, 2.45) is 5.92 Å². The van der Waals surface area contributed by atoms with E-state index in [4.69, 9.17) is 9.84 Å². The summed E-state index contributed by atoms with van der Waals surface area (Å²) in [5.41, 5.74) is 1.21. The number of benzene rings is 1. The van der Waals surface area contributed by atoms with E-state index < -0.39 is 0 Å². The number of rotatable bonds is 5. The van der Waals surface area contributed by atoms with E-state index in [1.165, 1.54) is 5.56 Å². The van der Waals surface area contributed by atoms with Crippen LogP contribution in [0.2, 0.25) is 0 Å². The largest absolute Gasteiger partial charge is 0.484 e. The van der Waals surface area contributed by atoms with E-state index in [1.54, 1.807) is 0 Å². The molecule has 1 aliphatic rings. The summed E-state index contributed by atoms with van der Waals surface area (Å²) in [4.78, 5) is 14.0. The maximum absolute atomic E-state index is 12.1. The quantitative estimate of drug-likeness (QED) is 0.906. The fraction of sp³-hybridized carbons (Fsp3) is 0.588. The van der Waals surface area contributed by atoms with Crippen LogP contribution in [0.1, 0.15) is 38.2 Å². The van der Waals surface area contributed by atoms with Gasteiger partial charge in [-0.15, -0.1) is 0 Å². The number of hydrogen-bond donors (Lipinski definition) is 1. The van der Waals surface area contributed by atoms with Crippen LogP contribution in [-0.4, -0.2) is 42.2 Å². The first-order valence-electron chi connectivity index (χ1n) is 7.71. The molecule has 116 valence electrons. The lowest BCUT2D eigenvalue weighted by molar-refractivity contribution is -0.134. The Hall–Kier alpha value is -1.55. The summed E-state index contributed by atoms with van der Waals surface area (Å²) in [5, 5.41) is 9.11. The lowest BCUT2D eigenvalue weighted by atomic mass is 9.98. The molecular weight excluding hydrogens is 266 g/mol. The van der Waals surface area contributed by atoms with Gasteiger partial charge in [0.05, 0.1) is 0 Å². The second-order valence-electron chi connectivity index (χ2n) is 6.02. The van der Waals surface area contributed by atoms with E-state index in [1.807, 2.05) is 23.1 Å². The van der Waals surface area contributed by atoms with Gasteiger partial charge in [-0.1, -0.05) is 26.0 Å². The van der Waals surface area contributed by atoms with Crippen LogP contribution in [0.5, 0.6) is 5.75 Å². The maximum Gasteiger partial charge on any atom is 0.260 e. The second-order valence-corrected chi connectivity index (χ2v) is 6.02. The monoisotopic (exact) mass is 291 g/mol. The third-order valence-electron chi connectivity index (χ3n) is 4.11. The van der Waals surface area contributed by atoms with Gasteiger partial charge in [0.2, 0.25) is 0 Å². The Morgan fingerprint density at radius 1 is 1.38 bits per heavy atom. The minimum atomic E-state index is 0.0290. The molecule has 1 N–H and O–H groups in total. The number of likely N-dealkylation sites (tertiary alicyclic amines) is 1. The average Bonchev–Trinajstić information content (AvgIpc) is 2.53. The highest BCUT2D eigenvalue weighted by Gasteiger charge is 2.22. The molecule has 0 unspecified atom stereocenters. The molecule has 0 bridgehead atoms. The van der Waals surface area contributed by atoms with Gasteiger partial charge in [-0.05, 0) is 42.4 Å². The summed E-state index contributed by atoms with van der Waals surface area (Å²) < 4.78 is 5.62. The number of aliphatic hydroxyl groups excluding tert-OH is 1. The topological polar surface area (TPSA) is 49.8 Å². The molecule has 1 aliphatic heterocycles. The zero-order valence-electron chi connectivity index (χ0n) is 12.9. The van der Waals surface area contributed by atoms with Crippen LogP contribution in [0.3, 0.4) is 0 Å². The zero-order valence-corrected chi connectivity index (χ0v) is 12.9. The van der Waals surface area contributed by atoms with Gasteiger partial charge in [0, 0.05) is 19.7 Å². The number of nitrogens with zero attached hydrogens (tertiary/aromatic N) is 1. The Morgan fingerprint density at radius 3 is 2.71 bits per heavy atom. The number of piperidine rings is 1. The molecule has 21 heavy (non-hydrogen) atoms. The van der Waals surface area contributed by atoms with Gasteiger partial charge in [-0.3, -0.25) is 4.79 Å².